The molecule has 0 saturated carbocycles. The molecule has 2 aromatic heterocycles. The molecule has 0 aliphatic carbocycles. The van der Waals surface area contributed by atoms with Crippen molar-refractivity contribution in [2.24, 2.45) is 7.05 Å². The van der Waals surface area contributed by atoms with Crippen molar-refractivity contribution < 1.29 is 9.53 Å². The van der Waals surface area contributed by atoms with Crippen LogP contribution in [0, 0.1) is 6.92 Å². The Morgan fingerprint density at radius 3 is 2.73 bits per heavy atom. The summed E-state index contributed by atoms with van der Waals surface area (Å²) in [6, 6.07) is 9.39. The van der Waals surface area contributed by atoms with Gasteiger partial charge in [0, 0.05) is 25.0 Å². The Kier molecular flexibility index (Phi) is 5.52. The van der Waals surface area contributed by atoms with E-state index in [1.807, 2.05) is 48.9 Å². The highest BCUT2D eigenvalue weighted by molar-refractivity contribution is 7.99. The van der Waals surface area contributed by atoms with Gasteiger partial charge in [0.25, 0.3) is 0 Å². The van der Waals surface area contributed by atoms with Crippen molar-refractivity contribution in [3.05, 3.63) is 48.3 Å². The first-order valence-corrected chi connectivity index (χ1v) is 8.94. The minimum absolute atomic E-state index is 0.132. The zero-order valence-corrected chi connectivity index (χ0v) is 15.6. The normalized spacial score (nSPS) is 10.6. The third kappa shape index (κ3) is 4.02. The molecule has 0 radical (unpaired) electrons. The third-order valence-electron chi connectivity index (χ3n) is 3.73. The van der Waals surface area contributed by atoms with Gasteiger partial charge in [-0.1, -0.05) is 17.8 Å². The zero-order chi connectivity index (χ0) is 18.5. The first-order chi connectivity index (χ1) is 12.6. The summed E-state index contributed by atoms with van der Waals surface area (Å²) < 4.78 is 7.14. The molecule has 0 aliphatic heterocycles. The first-order valence-electron chi connectivity index (χ1n) is 7.95. The fraction of sp³-hybridized carbons (Fsp3) is 0.222. The van der Waals surface area contributed by atoms with Gasteiger partial charge in [-0.2, -0.15) is 0 Å². The Labute approximate surface area is 155 Å². The number of hydrogen-bond acceptors (Lipinski definition) is 6. The molecule has 7 nitrogen and oxygen atoms in total. The van der Waals surface area contributed by atoms with E-state index in [4.69, 9.17) is 4.74 Å². The Balaban J connectivity index is 1.66. The number of thioether (sulfide) groups is 1. The highest BCUT2D eigenvalue weighted by atomic mass is 32.2. The van der Waals surface area contributed by atoms with Crippen molar-refractivity contribution in [3.8, 4) is 17.1 Å². The predicted octanol–water partition coefficient (Wildman–Crippen LogP) is 2.92. The zero-order valence-electron chi connectivity index (χ0n) is 14.8. The van der Waals surface area contributed by atoms with Gasteiger partial charge in [0.15, 0.2) is 11.0 Å². The number of hydrogen-bond donors (Lipinski definition) is 1. The highest BCUT2D eigenvalue weighted by Crippen LogP contribution is 2.26. The Hall–Kier alpha value is -2.87. The summed E-state index contributed by atoms with van der Waals surface area (Å²) >= 11 is 1.33. The molecular weight excluding hydrogens is 350 g/mol. The minimum Gasteiger partial charge on any atom is -0.495 e. The number of methoxy groups -OCH3 is 1. The quantitative estimate of drug-likeness (QED) is 0.673. The van der Waals surface area contributed by atoms with Gasteiger partial charge >= 0.3 is 0 Å². The summed E-state index contributed by atoms with van der Waals surface area (Å²) in [5.74, 6) is 1.45. The average Bonchev–Trinajstić information content (AvgIpc) is 3.01. The number of anilines is 1. The summed E-state index contributed by atoms with van der Waals surface area (Å²) in [6.45, 7) is 1.96. The molecule has 3 aromatic rings. The Morgan fingerprint density at radius 1 is 1.23 bits per heavy atom. The van der Waals surface area contributed by atoms with Crippen LogP contribution in [0.5, 0.6) is 5.75 Å². The SMILES string of the molecule is COc1ccc(C)cc1NC(=O)CSc1nnc(-c2ccncc2)n1C. The Morgan fingerprint density at radius 2 is 2.00 bits per heavy atom. The van der Waals surface area contributed by atoms with Gasteiger partial charge in [-0.25, -0.2) is 0 Å². The van der Waals surface area contributed by atoms with Crippen molar-refractivity contribution in [1.82, 2.24) is 19.7 Å². The second kappa shape index (κ2) is 8.01. The maximum absolute atomic E-state index is 12.3. The lowest BCUT2D eigenvalue weighted by Crippen LogP contribution is -2.15. The maximum Gasteiger partial charge on any atom is 0.234 e. The van der Waals surface area contributed by atoms with Gasteiger partial charge in [0.05, 0.1) is 18.6 Å². The number of nitrogens with zero attached hydrogens (tertiary/aromatic N) is 4. The maximum atomic E-state index is 12.3. The van der Waals surface area contributed by atoms with Crippen LogP contribution in [-0.4, -0.2) is 38.5 Å². The van der Waals surface area contributed by atoms with E-state index in [2.05, 4.69) is 20.5 Å². The molecule has 134 valence electrons. The van der Waals surface area contributed by atoms with E-state index in [0.29, 0.717) is 16.6 Å². The van der Waals surface area contributed by atoms with Crippen LogP contribution >= 0.6 is 11.8 Å². The van der Waals surface area contributed by atoms with Crippen LogP contribution < -0.4 is 10.1 Å². The monoisotopic (exact) mass is 369 g/mol. The van der Waals surface area contributed by atoms with Crippen LogP contribution in [0.3, 0.4) is 0 Å². The molecular formula is C18H19N5O2S. The number of carbonyl (C=O) groups is 1. The minimum atomic E-state index is -0.132. The average molecular weight is 369 g/mol. The molecule has 8 heteroatoms. The van der Waals surface area contributed by atoms with Crippen LogP contribution in [0.25, 0.3) is 11.4 Å². The van der Waals surface area contributed by atoms with Crippen molar-refractivity contribution in [2.45, 2.75) is 12.1 Å². The van der Waals surface area contributed by atoms with Crippen molar-refractivity contribution in [2.75, 3.05) is 18.2 Å². The molecule has 0 bridgehead atoms. The fourth-order valence-electron chi connectivity index (χ4n) is 2.43. The van der Waals surface area contributed by atoms with Gasteiger partial charge in [-0.15, -0.1) is 10.2 Å². The second-order valence-corrected chi connectivity index (χ2v) is 6.58. The van der Waals surface area contributed by atoms with Crippen LogP contribution in [0.4, 0.5) is 5.69 Å². The summed E-state index contributed by atoms with van der Waals surface area (Å²) in [4.78, 5) is 16.3. The molecule has 1 N–H and O–H groups in total. The number of nitrogens with one attached hydrogen (secondary N) is 1. The lowest BCUT2D eigenvalue weighted by atomic mass is 10.2. The molecule has 0 atom stereocenters. The largest absolute Gasteiger partial charge is 0.495 e. The number of rotatable bonds is 6. The van der Waals surface area contributed by atoms with Crippen molar-refractivity contribution >= 4 is 23.4 Å². The van der Waals surface area contributed by atoms with Crippen molar-refractivity contribution in [3.63, 3.8) is 0 Å². The number of aryl methyl sites for hydroxylation is 1. The number of amides is 1. The van der Waals surface area contributed by atoms with E-state index in [9.17, 15) is 4.79 Å². The fourth-order valence-corrected chi connectivity index (χ4v) is 3.14. The molecule has 0 fully saturated rings. The van der Waals surface area contributed by atoms with E-state index in [1.165, 1.54) is 11.8 Å². The van der Waals surface area contributed by atoms with Gasteiger partial charge in [0.1, 0.15) is 5.75 Å². The summed E-state index contributed by atoms with van der Waals surface area (Å²) in [7, 11) is 3.45. The van der Waals surface area contributed by atoms with Gasteiger partial charge in [-0.05, 0) is 36.8 Å². The number of aromatic nitrogens is 4. The van der Waals surface area contributed by atoms with Crippen LogP contribution in [0.15, 0.2) is 47.9 Å². The van der Waals surface area contributed by atoms with Gasteiger partial charge in [-0.3, -0.25) is 9.78 Å². The molecule has 0 spiro atoms. The number of pyridine rings is 1. The van der Waals surface area contributed by atoms with Crippen LogP contribution in [0.2, 0.25) is 0 Å². The molecule has 0 saturated heterocycles. The first kappa shape index (κ1) is 17.9. The highest BCUT2D eigenvalue weighted by Gasteiger charge is 2.14. The standard InChI is InChI=1S/C18H19N5O2S/c1-12-4-5-15(25-3)14(10-12)20-16(24)11-26-18-22-21-17(23(18)2)13-6-8-19-9-7-13/h4-10H,11H2,1-3H3,(H,20,24). The third-order valence-corrected chi connectivity index (χ3v) is 4.76. The van der Waals surface area contributed by atoms with Gasteiger partial charge in [0.2, 0.25) is 5.91 Å². The Bertz CT molecular complexity index is 911. The molecule has 3 rings (SSSR count). The molecule has 26 heavy (non-hydrogen) atoms. The molecule has 0 unspecified atom stereocenters. The van der Waals surface area contributed by atoms with E-state index < -0.39 is 0 Å². The van der Waals surface area contributed by atoms with E-state index in [0.717, 1.165) is 17.0 Å². The summed E-state index contributed by atoms with van der Waals surface area (Å²) in [6.07, 6.45) is 3.42. The van der Waals surface area contributed by atoms with E-state index >= 15 is 0 Å². The van der Waals surface area contributed by atoms with E-state index in [1.54, 1.807) is 19.5 Å². The molecule has 0 aliphatic rings. The number of carbonyl (C=O) groups excluding carboxylic acids is 1. The van der Waals surface area contributed by atoms with Crippen LogP contribution in [-0.2, 0) is 11.8 Å². The summed E-state index contributed by atoms with van der Waals surface area (Å²) in [5.41, 5.74) is 2.63. The number of ether oxygens (including phenoxy) is 1. The predicted molar refractivity (Wildman–Crippen MR) is 101 cm³/mol. The van der Waals surface area contributed by atoms with Crippen molar-refractivity contribution in [1.29, 1.82) is 0 Å². The van der Waals surface area contributed by atoms with Crippen LogP contribution in [0.1, 0.15) is 5.56 Å². The molecule has 2 heterocycles. The second-order valence-electron chi connectivity index (χ2n) is 5.64. The molecule has 1 amide bonds. The molecule has 1 aromatic carbocycles. The van der Waals surface area contributed by atoms with Gasteiger partial charge < -0.3 is 14.6 Å². The smallest absolute Gasteiger partial charge is 0.234 e. The number of benzene rings is 1. The van der Waals surface area contributed by atoms with E-state index in [-0.39, 0.29) is 11.7 Å². The topological polar surface area (TPSA) is 81.9 Å². The lowest BCUT2D eigenvalue weighted by molar-refractivity contribution is -0.113. The lowest BCUT2D eigenvalue weighted by Gasteiger charge is -2.10. The summed E-state index contributed by atoms with van der Waals surface area (Å²) in [5, 5.41) is 11.9.